The van der Waals surface area contributed by atoms with Crippen LogP contribution in [0.25, 0.3) is 0 Å². The molecule has 0 saturated carbocycles. The van der Waals surface area contributed by atoms with Crippen LogP contribution in [0.2, 0.25) is 0 Å². The molecule has 1 amide bonds. The molecule has 2 aromatic rings. The molecule has 0 aromatic heterocycles. The fourth-order valence-electron chi connectivity index (χ4n) is 2.06. The van der Waals surface area contributed by atoms with Crippen molar-refractivity contribution >= 4 is 23.4 Å². The van der Waals surface area contributed by atoms with Gasteiger partial charge in [0.05, 0.1) is 18.0 Å². The number of para-hydroxylation sites is 2. The van der Waals surface area contributed by atoms with Crippen molar-refractivity contribution in [3.63, 3.8) is 0 Å². The molecule has 0 spiro atoms. The van der Waals surface area contributed by atoms with Gasteiger partial charge in [-0.05, 0) is 31.5 Å². The van der Waals surface area contributed by atoms with Gasteiger partial charge >= 0.3 is 0 Å². The minimum absolute atomic E-state index is 0.0139. The smallest absolute Gasteiger partial charge is 0.234 e. The van der Waals surface area contributed by atoms with Crippen molar-refractivity contribution in [3.05, 3.63) is 60.2 Å². The van der Waals surface area contributed by atoms with Gasteiger partial charge in [0, 0.05) is 5.25 Å². The first-order valence-corrected chi connectivity index (χ1v) is 8.43. The number of ether oxygens (including phenoxy) is 1. The highest BCUT2D eigenvalue weighted by Gasteiger charge is 2.11. The molecule has 0 saturated heterocycles. The van der Waals surface area contributed by atoms with Crippen LogP contribution in [0.1, 0.15) is 24.7 Å². The highest BCUT2D eigenvalue weighted by atomic mass is 32.2. The average molecular weight is 315 g/mol. The molecule has 0 aliphatic heterocycles. The topological polar surface area (TPSA) is 38.3 Å². The van der Waals surface area contributed by atoms with Crippen molar-refractivity contribution in [1.29, 1.82) is 0 Å². The van der Waals surface area contributed by atoms with Gasteiger partial charge in [-0.25, -0.2) is 0 Å². The lowest BCUT2D eigenvalue weighted by Crippen LogP contribution is -2.15. The van der Waals surface area contributed by atoms with Crippen molar-refractivity contribution in [2.75, 3.05) is 17.7 Å². The molecule has 0 heterocycles. The summed E-state index contributed by atoms with van der Waals surface area (Å²) in [6, 6.07) is 17.7. The van der Waals surface area contributed by atoms with E-state index in [0.29, 0.717) is 18.1 Å². The largest absolute Gasteiger partial charge is 0.492 e. The van der Waals surface area contributed by atoms with Crippen molar-refractivity contribution < 1.29 is 9.53 Å². The van der Waals surface area contributed by atoms with E-state index in [1.54, 1.807) is 11.8 Å². The zero-order valence-corrected chi connectivity index (χ0v) is 13.7. The predicted molar refractivity (Wildman–Crippen MR) is 93.6 cm³/mol. The first-order chi connectivity index (χ1) is 10.7. The van der Waals surface area contributed by atoms with Crippen LogP contribution in [0.5, 0.6) is 5.75 Å². The summed E-state index contributed by atoms with van der Waals surface area (Å²) in [5.41, 5.74) is 1.96. The van der Waals surface area contributed by atoms with E-state index in [1.807, 2.05) is 49.4 Å². The molecule has 2 rings (SSSR count). The minimum Gasteiger partial charge on any atom is -0.492 e. The van der Waals surface area contributed by atoms with E-state index in [1.165, 1.54) is 5.56 Å². The lowest BCUT2D eigenvalue weighted by molar-refractivity contribution is -0.113. The summed E-state index contributed by atoms with van der Waals surface area (Å²) >= 11 is 1.62. The van der Waals surface area contributed by atoms with E-state index in [4.69, 9.17) is 4.74 Å². The van der Waals surface area contributed by atoms with Gasteiger partial charge in [0.15, 0.2) is 0 Å². The second kappa shape index (κ2) is 8.49. The van der Waals surface area contributed by atoms with Crippen LogP contribution in [0, 0.1) is 0 Å². The van der Waals surface area contributed by atoms with Crippen LogP contribution in [-0.2, 0) is 4.79 Å². The van der Waals surface area contributed by atoms with Gasteiger partial charge in [-0.3, -0.25) is 4.79 Å². The van der Waals surface area contributed by atoms with Gasteiger partial charge in [-0.1, -0.05) is 42.5 Å². The number of hydrogen-bond acceptors (Lipinski definition) is 3. The fraction of sp³-hybridized carbons (Fsp3) is 0.278. The maximum Gasteiger partial charge on any atom is 0.234 e. The number of nitrogens with one attached hydrogen (secondary N) is 1. The molecule has 116 valence electrons. The van der Waals surface area contributed by atoms with Crippen molar-refractivity contribution in [2.24, 2.45) is 0 Å². The molecule has 0 fully saturated rings. The fourth-order valence-corrected chi connectivity index (χ4v) is 2.88. The van der Waals surface area contributed by atoms with Crippen molar-refractivity contribution in [3.8, 4) is 5.75 Å². The predicted octanol–water partition coefficient (Wildman–Crippen LogP) is 4.52. The molecular formula is C18H21NO2S. The number of amides is 1. The molecular weight excluding hydrogens is 294 g/mol. The minimum atomic E-state index is -0.0139. The van der Waals surface area contributed by atoms with Gasteiger partial charge in [0.2, 0.25) is 5.91 Å². The molecule has 0 aliphatic carbocycles. The molecule has 0 bridgehead atoms. The van der Waals surface area contributed by atoms with E-state index in [2.05, 4.69) is 24.4 Å². The number of rotatable bonds is 7. The molecule has 4 heteroatoms. The number of thioether (sulfide) groups is 1. The Labute approximate surface area is 136 Å². The zero-order chi connectivity index (χ0) is 15.8. The maximum absolute atomic E-state index is 12.1. The molecule has 1 N–H and O–H groups in total. The van der Waals surface area contributed by atoms with Gasteiger partial charge < -0.3 is 10.1 Å². The van der Waals surface area contributed by atoms with Gasteiger partial charge in [0.25, 0.3) is 0 Å². The quantitative estimate of drug-likeness (QED) is 0.816. The van der Waals surface area contributed by atoms with Crippen LogP contribution in [-0.4, -0.2) is 18.3 Å². The van der Waals surface area contributed by atoms with Crippen LogP contribution in [0.3, 0.4) is 0 Å². The summed E-state index contributed by atoms with van der Waals surface area (Å²) in [5.74, 6) is 1.11. The summed E-state index contributed by atoms with van der Waals surface area (Å²) in [7, 11) is 0. The van der Waals surface area contributed by atoms with Gasteiger partial charge in [-0.2, -0.15) is 0 Å². The van der Waals surface area contributed by atoms with Crippen LogP contribution >= 0.6 is 11.8 Å². The summed E-state index contributed by atoms with van der Waals surface area (Å²) in [6.07, 6.45) is 0. The average Bonchev–Trinajstić information content (AvgIpc) is 2.55. The van der Waals surface area contributed by atoms with Crippen molar-refractivity contribution in [1.82, 2.24) is 0 Å². The number of benzene rings is 2. The van der Waals surface area contributed by atoms with E-state index >= 15 is 0 Å². The Kier molecular flexibility index (Phi) is 6.34. The maximum atomic E-state index is 12.1. The zero-order valence-electron chi connectivity index (χ0n) is 12.9. The lowest BCUT2D eigenvalue weighted by atomic mass is 10.2. The van der Waals surface area contributed by atoms with E-state index in [-0.39, 0.29) is 11.2 Å². The molecule has 1 atom stereocenters. The standard InChI is InChI=1S/C18H21NO2S/c1-3-21-17-12-8-7-11-16(17)19-18(20)13-22-14(2)15-9-5-4-6-10-15/h4-12,14H,3,13H2,1-2H3,(H,19,20). The number of carbonyl (C=O) groups is 1. The van der Waals surface area contributed by atoms with E-state index in [9.17, 15) is 4.79 Å². The lowest BCUT2D eigenvalue weighted by Gasteiger charge is -2.13. The Morgan fingerprint density at radius 3 is 2.55 bits per heavy atom. The Morgan fingerprint density at radius 2 is 1.82 bits per heavy atom. The second-order valence-electron chi connectivity index (χ2n) is 4.84. The monoisotopic (exact) mass is 315 g/mol. The van der Waals surface area contributed by atoms with E-state index < -0.39 is 0 Å². The first-order valence-electron chi connectivity index (χ1n) is 7.39. The van der Waals surface area contributed by atoms with E-state index in [0.717, 1.165) is 5.69 Å². The summed E-state index contributed by atoms with van der Waals surface area (Å²) in [4.78, 5) is 12.1. The third-order valence-corrected chi connectivity index (χ3v) is 4.40. The molecule has 0 aliphatic rings. The summed E-state index contributed by atoms with van der Waals surface area (Å²) in [5, 5.41) is 3.20. The number of anilines is 1. The third-order valence-electron chi connectivity index (χ3n) is 3.19. The molecule has 2 aromatic carbocycles. The van der Waals surface area contributed by atoms with Gasteiger partial charge in [0.1, 0.15) is 5.75 Å². The molecule has 22 heavy (non-hydrogen) atoms. The van der Waals surface area contributed by atoms with Crippen LogP contribution < -0.4 is 10.1 Å². The highest BCUT2D eigenvalue weighted by Crippen LogP contribution is 2.28. The Balaban J connectivity index is 1.88. The molecule has 3 nitrogen and oxygen atoms in total. The summed E-state index contributed by atoms with van der Waals surface area (Å²) in [6.45, 7) is 4.62. The Morgan fingerprint density at radius 1 is 1.14 bits per heavy atom. The van der Waals surface area contributed by atoms with Crippen LogP contribution in [0.4, 0.5) is 5.69 Å². The van der Waals surface area contributed by atoms with Crippen LogP contribution in [0.15, 0.2) is 54.6 Å². The number of hydrogen-bond donors (Lipinski definition) is 1. The third kappa shape index (κ3) is 4.81. The second-order valence-corrected chi connectivity index (χ2v) is 6.17. The number of carbonyl (C=O) groups excluding carboxylic acids is 1. The van der Waals surface area contributed by atoms with Crippen molar-refractivity contribution in [2.45, 2.75) is 19.1 Å². The normalized spacial score (nSPS) is 11.7. The Bertz CT molecular complexity index is 601. The summed E-state index contributed by atoms with van der Waals surface area (Å²) < 4.78 is 5.51. The molecule has 0 radical (unpaired) electrons. The SMILES string of the molecule is CCOc1ccccc1NC(=O)CSC(C)c1ccccc1. The molecule has 1 unspecified atom stereocenters. The Hall–Kier alpha value is -1.94. The van der Waals surface area contributed by atoms with Gasteiger partial charge in [-0.15, -0.1) is 11.8 Å². The first kappa shape index (κ1) is 16.4. The highest BCUT2D eigenvalue weighted by molar-refractivity contribution is 8.00.